The van der Waals surface area contributed by atoms with Crippen LogP contribution in [0.5, 0.6) is 5.75 Å². The van der Waals surface area contributed by atoms with Gasteiger partial charge in [0.25, 0.3) is 0 Å². The third-order valence-corrected chi connectivity index (χ3v) is 3.91. The molecule has 0 fully saturated rings. The zero-order chi connectivity index (χ0) is 15.2. The second-order valence-corrected chi connectivity index (χ2v) is 5.36. The Kier molecular flexibility index (Phi) is 5.65. The maximum atomic E-state index is 6.12. The van der Waals surface area contributed by atoms with Gasteiger partial charge in [-0.25, -0.2) is 0 Å². The van der Waals surface area contributed by atoms with Crippen LogP contribution in [0.3, 0.4) is 0 Å². The number of aromatic nitrogens is 2. The first-order chi connectivity index (χ1) is 10.1. The Morgan fingerprint density at radius 3 is 2.52 bits per heavy atom. The highest BCUT2D eigenvalue weighted by Crippen LogP contribution is 2.19. The van der Waals surface area contributed by atoms with E-state index >= 15 is 0 Å². The first-order valence-corrected chi connectivity index (χ1v) is 7.61. The average molecular weight is 308 g/mol. The first kappa shape index (κ1) is 15.9. The molecule has 1 N–H and O–H groups in total. The molecule has 0 aliphatic carbocycles. The summed E-state index contributed by atoms with van der Waals surface area (Å²) in [5.41, 5.74) is 3.11. The van der Waals surface area contributed by atoms with E-state index in [1.54, 1.807) is 0 Å². The van der Waals surface area contributed by atoms with Gasteiger partial charge in [-0.05, 0) is 38.1 Å². The highest BCUT2D eigenvalue weighted by atomic mass is 35.5. The summed E-state index contributed by atoms with van der Waals surface area (Å²) in [4.78, 5) is 0. The topological polar surface area (TPSA) is 39.1 Å². The fraction of sp³-hybridized carbons (Fsp3) is 0.438. The van der Waals surface area contributed by atoms with Crippen molar-refractivity contribution < 1.29 is 4.74 Å². The minimum Gasteiger partial charge on any atom is -0.492 e. The maximum Gasteiger partial charge on any atom is 0.119 e. The van der Waals surface area contributed by atoms with Gasteiger partial charge in [0.05, 0.1) is 23.0 Å². The van der Waals surface area contributed by atoms with Crippen molar-refractivity contribution >= 4 is 11.6 Å². The highest BCUT2D eigenvalue weighted by Gasteiger charge is 2.08. The molecule has 2 rings (SSSR count). The third kappa shape index (κ3) is 4.22. The molecule has 0 amide bonds. The van der Waals surface area contributed by atoms with Crippen molar-refractivity contribution in [1.29, 1.82) is 0 Å². The van der Waals surface area contributed by atoms with E-state index in [0.717, 1.165) is 35.2 Å². The fourth-order valence-corrected chi connectivity index (χ4v) is 2.25. The second kappa shape index (κ2) is 7.48. The smallest absolute Gasteiger partial charge is 0.119 e. The number of hydrogen-bond acceptors (Lipinski definition) is 3. The van der Waals surface area contributed by atoms with E-state index < -0.39 is 0 Å². The molecule has 1 aromatic heterocycles. The van der Waals surface area contributed by atoms with Crippen LogP contribution in [0.4, 0.5) is 0 Å². The van der Waals surface area contributed by atoms with Crippen LogP contribution in [-0.4, -0.2) is 22.9 Å². The van der Waals surface area contributed by atoms with Crippen LogP contribution >= 0.6 is 11.6 Å². The Balaban J connectivity index is 1.84. The lowest BCUT2D eigenvalue weighted by atomic mass is 10.2. The minimum atomic E-state index is 0.574. The van der Waals surface area contributed by atoms with E-state index in [9.17, 15) is 0 Å². The Labute approximate surface area is 131 Å². The van der Waals surface area contributed by atoms with Crippen molar-refractivity contribution in [2.45, 2.75) is 33.9 Å². The molecule has 0 radical (unpaired) electrons. The van der Waals surface area contributed by atoms with Gasteiger partial charge in [0.15, 0.2) is 0 Å². The van der Waals surface area contributed by atoms with Gasteiger partial charge in [0.2, 0.25) is 0 Å². The van der Waals surface area contributed by atoms with Crippen LogP contribution in [0.1, 0.15) is 23.9 Å². The molecule has 0 atom stereocenters. The number of nitrogens with one attached hydrogen (secondary N) is 1. The van der Waals surface area contributed by atoms with Gasteiger partial charge in [-0.1, -0.05) is 30.7 Å². The summed E-state index contributed by atoms with van der Waals surface area (Å²) < 4.78 is 7.64. The number of nitrogens with zero attached hydrogens (tertiary/aromatic N) is 2. The van der Waals surface area contributed by atoms with Gasteiger partial charge < -0.3 is 10.1 Å². The van der Waals surface area contributed by atoms with Crippen molar-refractivity contribution in [3.8, 4) is 5.75 Å². The largest absolute Gasteiger partial charge is 0.492 e. The molecule has 1 aromatic carbocycles. The number of ether oxygens (including phenoxy) is 1. The Morgan fingerprint density at radius 1 is 1.24 bits per heavy atom. The lowest BCUT2D eigenvalue weighted by molar-refractivity contribution is 0.289. The van der Waals surface area contributed by atoms with Crippen LogP contribution in [-0.2, 0) is 13.1 Å². The lowest BCUT2D eigenvalue weighted by Gasteiger charge is -2.09. The van der Waals surface area contributed by atoms with Crippen LogP contribution < -0.4 is 10.1 Å². The predicted molar refractivity (Wildman–Crippen MR) is 86.0 cm³/mol. The van der Waals surface area contributed by atoms with E-state index in [0.29, 0.717) is 13.2 Å². The summed E-state index contributed by atoms with van der Waals surface area (Å²) in [6.07, 6.45) is 0. The van der Waals surface area contributed by atoms with Gasteiger partial charge in [-0.3, -0.25) is 4.68 Å². The van der Waals surface area contributed by atoms with Crippen molar-refractivity contribution in [3.05, 3.63) is 46.2 Å². The monoisotopic (exact) mass is 307 g/mol. The number of benzene rings is 1. The molecule has 114 valence electrons. The summed E-state index contributed by atoms with van der Waals surface area (Å²) >= 11 is 6.12. The van der Waals surface area contributed by atoms with Gasteiger partial charge in [-0.2, -0.15) is 5.10 Å². The predicted octanol–water partition coefficient (Wildman–Crippen LogP) is 3.34. The van der Waals surface area contributed by atoms with Crippen LogP contribution in [0.15, 0.2) is 24.3 Å². The van der Waals surface area contributed by atoms with E-state index in [4.69, 9.17) is 16.3 Å². The summed E-state index contributed by atoms with van der Waals surface area (Å²) in [5, 5.41) is 8.42. The molecule has 0 aliphatic heterocycles. The molecular formula is C16H22ClN3O. The zero-order valence-corrected chi connectivity index (χ0v) is 13.6. The van der Waals surface area contributed by atoms with Gasteiger partial charge in [0, 0.05) is 6.54 Å². The fourth-order valence-electron chi connectivity index (χ4n) is 2.12. The highest BCUT2D eigenvalue weighted by molar-refractivity contribution is 6.31. The van der Waals surface area contributed by atoms with Crippen molar-refractivity contribution in [1.82, 2.24) is 15.1 Å². The van der Waals surface area contributed by atoms with E-state index in [1.807, 2.05) is 30.7 Å². The lowest BCUT2D eigenvalue weighted by Crippen LogP contribution is -2.12. The van der Waals surface area contributed by atoms with Gasteiger partial charge in [-0.15, -0.1) is 0 Å². The Bertz CT molecular complexity index is 578. The number of halogens is 1. The zero-order valence-electron chi connectivity index (χ0n) is 12.8. The number of hydrogen-bond donors (Lipinski definition) is 1. The summed E-state index contributed by atoms with van der Waals surface area (Å²) in [6.45, 7) is 9.12. The summed E-state index contributed by atoms with van der Waals surface area (Å²) in [7, 11) is 0. The average Bonchev–Trinajstić information content (AvgIpc) is 2.74. The molecule has 0 aliphatic rings. The Hall–Kier alpha value is -1.52. The van der Waals surface area contributed by atoms with Crippen molar-refractivity contribution in [2.24, 2.45) is 0 Å². The standard InChI is InChI=1S/C16H22ClN3O/c1-4-18-11-14-5-7-15(8-6-14)21-10-9-20-13(3)16(17)12(2)19-20/h5-8,18H,4,9-11H2,1-3H3. The minimum absolute atomic E-state index is 0.574. The van der Waals surface area contributed by atoms with Gasteiger partial charge >= 0.3 is 0 Å². The molecule has 2 aromatic rings. The molecule has 0 unspecified atom stereocenters. The normalized spacial score (nSPS) is 10.9. The number of rotatable bonds is 7. The molecule has 0 bridgehead atoms. The SMILES string of the molecule is CCNCc1ccc(OCCn2nc(C)c(Cl)c2C)cc1. The van der Waals surface area contributed by atoms with Crippen LogP contribution in [0, 0.1) is 13.8 Å². The van der Waals surface area contributed by atoms with Crippen LogP contribution in [0.2, 0.25) is 5.02 Å². The third-order valence-electron chi connectivity index (χ3n) is 3.37. The van der Waals surface area contributed by atoms with Gasteiger partial charge in [0.1, 0.15) is 12.4 Å². The second-order valence-electron chi connectivity index (χ2n) is 4.98. The van der Waals surface area contributed by atoms with Crippen molar-refractivity contribution in [2.75, 3.05) is 13.2 Å². The number of aryl methyl sites for hydroxylation is 1. The molecule has 0 saturated carbocycles. The molecular weight excluding hydrogens is 286 g/mol. The van der Waals surface area contributed by atoms with E-state index in [1.165, 1.54) is 5.56 Å². The van der Waals surface area contributed by atoms with Crippen molar-refractivity contribution in [3.63, 3.8) is 0 Å². The molecule has 0 saturated heterocycles. The molecule has 1 heterocycles. The molecule has 4 nitrogen and oxygen atoms in total. The Morgan fingerprint density at radius 2 is 1.95 bits per heavy atom. The summed E-state index contributed by atoms with van der Waals surface area (Å²) in [6, 6.07) is 8.16. The van der Waals surface area contributed by atoms with Crippen LogP contribution in [0.25, 0.3) is 0 Å². The van der Waals surface area contributed by atoms with E-state index in [-0.39, 0.29) is 0 Å². The quantitative estimate of drug-likeness (QED) is 0.852. The maximum absolute atomic E-state index is 6.12. The first-order valence-electron chi connectivity index (χ1n) is 7.23. The molecule has 21 heavy (non-hydrogen) atoms. The molecule has 5 heteroatoms. The summed E-state index contributed by atoms with van der Waals surface area (Å²) in [5.74, 6) is 0.878. The van der Waals surface area contributed by atoms with E-state index in [2.05, 4.69) is 29.5 Å². The molecule has 0 spiro atoms.